The average Bonchev–Trinajstić information content (AvgIpc) is 3.02. The van der Waals surface area contributed by atoms with Crippen molar-refractivity contribution >= 4 is 5.91 Å². The molecule has 1 atom stereocenters. The lowest BCUT2D eigenvalue weighted by atomic mass is 10.0. The summed E-state index contributed by atoms with van der Waals surface area (Å²) < 4.78 is 10.7. The van der Waals surface area contributed by atoms with E-state index >= 15 is 0 Å². The fraction of sp³-hybridized carbons (Fsp3) is 0.312. The maximum atomic E-state index is 12.4. The Morgan fingerprint density at radius 1 is 1.20 bits per heavy atom. The molecule has 1 aliphatic rings. The van der Waals surface area contributed by atoms with E-state index in [1.807, 2.05) is 23.1 Å². The van der Waals surface area contributed by atoms with Gasteiger partial charge in [0.25, 0.3) is 5.91 Å². The number of nitrogens with zero attached hydrogens (tertiary/aromatic N) is 1. The van der Waals surface area contributed by atoms with E-state index < -0.39 is 0 Å². The lowest BCUT2D eigenvalue weighted by molar-refractivity contribution is -0.00319. The fourth-order valence-corrected chi connectivity index (χ4v) is 2.52. The monoisotopic (exact) mass is 271 g/mol. The third-order valence-corrected chi connectivity index (χ3v) is 3.53. The number of hydrogen-bond donors (Lipinski definition) is 0. The first-order valence-corrected chi connectivity index (χ1v) is 6.81. The number of furan rings is 1. The van der Waals surface area contributed by atoms with Crippen LogP contribution in [0.4, 0.5) is 0 Å². The van der Waals surface area contributed by atoms with Crippen LogP contribution >= 0.6 is 0 Å². The van der Waals surface area contributed by atoms with Gasteiger partial charge in [0.1, 0.15) is 0 Å². The molecule has 1 amide bonds. The summed E-state index contributed by atoms with van der Waals surface area (Å²) in [4.78, 5) is 14.3. The summed E-state index contributed by atoms with van der Waals surface area (Å²) in [7, 11) is 0. The largest absolute Gasteiger partial charge is 0.459 e. The van der Waals surface area contributed by atoms with Gasteiger partial charge in [-0.1, -0.05) is 30.3 Å². The minimum absolute atomic E-state index is 0.0563. The number of benzene rings is 1. The third-order valence-electron chi connectivity index (χ3n) is 3.53. The van der Waals surface area contributed by atoms with E-state index in [2.05, 4.69) is 12.1 Å². The lowest BCUT2D eigenvalue weighted by Gasteiger charge is -2.35. The van der Waals surface area contributed by atoms with Crippen molar-refractivity contribution in [3.8, 4) is 0 Å². The summed E-state index contributed by atoms with van der Waals surface area (Å²) in [6, 6.07) is 13.7. The summed E-state index contributed by atoms with van der Waals surface area (Å²) in [6.07, 6.45) is 2.33. The van der Waals surface area contributed by atoms with Gasteiger partial charge in [0.15, 0.2) is 5.76 Å². The number of morpholine rings is 1. The molecule has 0 saturated carbocycles. The molecule has 0 spiro atoms. The quantitative estimate of drug-likeness (QED) is 0.860. The lowest BCUT2D eigenvalue weighted by Crippen LogP contribution is -2.49. The Morgan fingerprint density at radius 3 is 2.80 bits per heavy atom. The summed E-state index contributed by atoms with van der Waals surface area (Å²) in [5.74, 6) is 0.337. The molecule has 104 valence electrons. The molecule has 4 nitrogen and oxygen atoms in total. The molecule has 20 heavy (non-hydrogen) atoms. The maximum absolute atomic E-state index is 12.4. The van der Waals surface area contributed by atoms with Crippen LogP contribution < -0.4 is 0 Å². The molecule has 4 heteroatoms. The maximum Gasteiger partial charge on any atom is 0.289 e. The Morgan fingerprint density at radius 2 is 2.05 bits per heavy atom. The van der Waals surface area contributed by atoms with Gasteiger partial charge in [-0.3, -0.25) is 4.79 Å². The van der Waals surface area contributed by atoms with E-state index in [0.29, 0.717) is 25.5 Å². The van der Waals surface area contributed by atoms with Gasteiger partial charge < -0.3 is 14.1 Å². The fourth-order valence-electron chi connectivity index (χ4n) is 2.52. The summed E-state index contributed by atoms with van der Waals surface area (Å²) in [5.41, 5.74) is 1.21. The van der Waals surface area contributed by atoms with Gasteiger partial charge in [-0.2, -0.15) is 0 Å². The summed E-state index contributed by atoms with van der Waals surface area (Å²) in [6.45, 7) is 1.76. The highest BCUT2D eigenvalue weighted by Crippen LogP contribution is 2.16. The number of carbonyl (C=O) groups is 1. The first-order valence-electron chi connectivity index (χ1n) is 6.81. The smallest absolute Gasteiger partial charge is 0.289 e. The van der Waals surface area contributed by atoms with Crippen molar-refractivity contribution in [1.82, 2.24) is 4.90 Å². The number of carbonyl (C=O) groups excluding carboxylic acids is 1. The standard InChI is InChI=1S/C16H17NO3/c18-16(15-7-4-9-20-15)17-8-10-19-12-14(17)11-13-5-2-1-3-6-13/h1-7,9,14H,8,10-12H2. The number of ether oxygens (including phenoxy) is 1. The van der Waals surface area contributed by atoms with Gasteiger partial charge in [0.05, 0.1) is 25.5 Å². The van der Waals surface area contributed by atoms with E-state index in [-0.39, 0.29) is 11.9 Å². The average molecular weight is 271 g/mol. The molecule has 2 heterocycles. The summed E-state index contributed by atoms with van der Waals surface area (Å²) >= 11 is 0. The Kier molecular flexibility index (Phi) is 3.83. The van der Waals surface area contributed by atoms with Crippen LogP contribution in [0.5, 0.6) is 0 Å². The zero-order valence-corrected chi connectivity index (χ0v) is 11.2. The molecule has 2 aromatic rings. The van der Waals surface area contributed by atoms with E-state index in [0.717, 1.165) is 6.42 Å². The van der Waals surface area contributed by atoms with Crippen LogP contribution in [0.25, 0.3) is 0 Å². The van der Waals surface area contributed by atoms with Gasteiger partial charge in [-0.05, 0) is 24.1 Å². The van der Waals surface area contributed by atoms with Crippen molar-refractivity contribution < 1.29 is 13.9 Å². The van der Waals surface area contributed by atoms with Crippen LogP contribution in [0.2, 0.25) is 0 Å². The molecule has 1 fully saturated rings. The second-order valence-corrected chi connectivity index (χ2v) is 4.89. The molecule has 1 aliphatic heterocycles. The minimum atomic E-state index is -0.0563. The van der Waals surface area contributed by atoms with Crippen LogP contribution in [0, 0.1) is 0 Å². The Hall–Kier alpha value is -2.07. The molecule has 1 aromatic heterocycles. The predicted octanol–water partition coefficient (Wildman–Crippen LogP) is 2.36. The van der Waals surface area contributed by atoms with Gasteiger partial charge in [-0.15, -0.1) is 0 Å². The van der Waals surface area contributed by atoms with Gasteiger partial charge in [0, 0.05) is 6.54 Å². The SMILES string of the molecule is O=C(c1ccco1)N1CCOCC1Cc1ccccc1. The van der Waals surface area contributed by atoms with Gasteiger partial charge in [-0.25, -0.2) is 0 Å². The summed E-state index contributed by atoms with van der Waals surface area (Å²) in [5, 5.41) is 0. The highest BCUT2D eigenvalue weighted by atomic mass is 16.5. The minimum Gasteiger partial charge on any atom is -0.459 e. The first kappa shape index (κ1) is 12.9. The van der Waals surface area contributed by atoms with E-state index in [9.17, 15) is 4.79 Å². The van der Waals surface area contributed by atoms with Crippen molar-refractivity contribution in [2.24, 2.45) is 0 Å². The molecule has 3 rings (SSSR count). The molecular formula is C16H17NO3. The second kappa shape index (κ2) is 5.92. The number of rotatable bonds is 3. The van der Waals surface area contributed by atoms with Crippen LogP contribution in [0.3, 0.4) is 0 Å². The molecule has 1 unspecified atom stereocenters. The van der Waals surface area contributed by atoms with Crippen LogP contribution in [-0.2, 0) is 11.2 Å². The zero-order valence-electron chi connectivity index (χ0n) is 11.2. The highest BCUT2D eigenvalue weighted by molar-refractivity contribution is 5.91. The van der Waals surface area contributed by atoms with Crippen molar-refractivity contribution in [2.45, 2.75) is 12.5 Å². The van der Waals surface area contributed by atoms with Crippen LogP contribution in [0.1, 0.15) is 16.1 Å². The van der Waals surface area contributed by atoms with Crippen LogP contribution in [0.15, 0.2) is 53.1 Å². The van der Waals surface area contributed by atoms with E-state index in [1.165, 1.54) is 11.8 Å². The van der Waals surface area contributed by atoms with Crippen molar-refractivity contribution in [2.75, 3.05) is 19.8 Å². The first-order chi connectivity index (χ1) is 9.84. The van der Waals surface area contributed by atoms with Gasteiger partial charge >= 0.3 is 0 Å². The third kappa shape index (κ3) is 2.75. The number of amides is 1. The van der Waals surface area contributed by atoms with Crippen molar-refractivity contribution in [3.05, 3.63) is 60.1 Å². The van der Waals surface area contributed by atoms with Crippen LogP contribution in [-0.4, -0.2) is 36.6 Å². The van der Waals surface area contributed by atoms with Crippen molar-refractivity contribution in [3.63, 3.8) is 0 Å². The molecular weight excluding hydrogens is 254 g/mol. The molecule has 0 radical (unpaired) electrons. The second-order valence-electron chi connectivity index (χ2n) is 4.89. The highest BCUT2D eigenvalue weighted by Gasteiger charge is 2.29. The Bertz CT molecular complexity index is 550. The topological polar surface area (TPSA) is 42.7 Å². The Balaban J connectivity index is 1.76. The van der Waals surface area contributed by atoms with Gasteiger partial charge in [0.2, 0.25) is 0 Å². The number of hydrogen-bond acceptors (Lipinski definition) is 3. The molecule has 0 bridgehead atoms. The normalized spacial score (nSPS) is 19.0. The predicted molar refractivity (Wildman–Crippen MR) is 74.5 cm³/mol. The Labute approximate surface area is 118 Å². The van der Waals surface area contributed by atoms with E-state index in [1.54, 1.807) is 12.1 Å². The van der Waals surface area contributed by atoms with E-state index in [4.69, 9.17) is 9.15 Å². The van der Waals surface area contributed by atoms with Crippen molar-refractivity contribution in [1.29, 1.82) is 0 Å². The molecule has 0 N–H and O–H groups in total. The zero-order chi connectivity index (χ0) is 13.8. The molecule has 0 aliphatic carbocycles. The molecule has 1 saturated heterocycles. The molecule has 1 aromatic carbocycles.